The molecule has 2 heterocycles. The van der Waals surface area contributed by atoms with Crippen molar-refractivity contribution >= 4 is 23.2 Å². The summed E-state index contributed by atoms with van der Waals surface area (Å²) in [6, 6.07) is 6.96. The molecule has 2 aromatic rings. The molecule has 0 N–H and O–H groups in total. The van der Waals surface area contributed by atoms with Gasteiger partial charge in [0.15, 0.2) is 5.15 Å². The molecule has 0 bridgehead atoms. The van der Waals surface area contributed by atoms with E-state index in [4.69, 9.17) is 11.6 Å². The smallest absolute Gasteiger partial charge is 0.259 e. The van der Waals surface area contributed by atoms with Crippen molar-refractivity contribution in [2.24, 2.45) is 0 Å². The number of carbonyl (C=O) groups excluding carboxylic acids is 1. The van der Waals surface area contributed by atoms with Crippen LogP contribution in [-0.2, 0) is 0 Å². The molecular formula is C13H12ClN3O. The highest BCUT2D eigenvalue weighted by Crippen LogP contribution is 2.23. The first-order valence-corrected chi connectivity index (χ1v) is 5.79. The number of carbonyl (C=O) groups is 1. The standard InChI is InChI=1S/C13H12ClN3O/c1-9-10(5-3-7-15-9)13(18)17(2)11-6-4-8-16-12(11)14/h3-8H,1-2H3. The van der Waals surface area contributed by atoms with Gasteiger partial charge in [-0.25, -0.2) is 4.98 Å². The second kappa shape index (κ2) is 5.14. The van der Waals surface area contributed by atoms with E-state index in [1.54, 1.807) is 50.6 Å². The lowest BCUT2D eigenvalue weighted by molar-refractivity contribution is 0.0992. The van der Waals surface area contributed by atoms with Gasteiger partial charge >= 0.3 is 0 Å². The van der Waals surface area contributed by atoms with Gasteiger partial charge in [-0.3, -0.25) is 9.78 Å². The predicted octanol–water partition coefficient (Wildman–Crippen LogP) is 2.72. The lowest BCUT2D eigenvalue weighted by Crippen LogP contribution is -2.27. The number of anilines is 1. The van der Waals surface area contributed by atoms with E-state index in [-0.39, 0.29) is 5.91 Å². The summed E-state index contributed by atoms with van der Waals surface area (Å²) in [5.74, 6) is -0.157. The summed E-state index contributed by atoms with van der Waals surface area (Å²) in [6.07, 6.45) is 3.24. The van der Waals surface area contributed by atoms with Gasteiger partial charge in [-0.1, -0.05) is 11.6 Å². The van der Waals surface area contributed by atoms with E-state index in [0.717, 1.165) is 0 Å². The van der Waals surface area contributed by atoms with Crippen molar-refractivity contribution in [3.05, 3.63) is 53.1 Å². The molecular weight excluding hydrogens is 250 g/mol. The fourth-order valence-electron chi connectivity index (χ4n) is 1.63. The van der Waals surface area contributed by atoms with E-state index in [9.17, 15) is 4.79 Å². The Morgan fingerprint density at radius 3 is 2.56 bits per heavy atom. The average molecular weight is 262 g/mol. The Balaban J connectivity index is 2.36. The molecule has 2 rings (SSSR count). The number of nitrogens with zero attached hydrogens (tertiary/aromatic N) is 3. The maximum atomic E-state index is 12.3. The second-order valence-corrected chi connectivity index (χ2v) is 4.17. The van der Waals surface area contributed by atoms with Gasteiger partial charge in [0.25, 0.3) is 5.91 Å². The van der Waals surface area contributed by atoms with Crippen molar-refractivity contribution in [3.8, 4) is 0 Å². The van der Waals surface area contributed by atoms with Crippen molar-refractivity contribution in [1.29, 1.82) is 0 Å². The summed E-state index contributed by atoms with van der Waals surface area (Å²) in [7, 11) is 1.66. The molecule has 0 aliphatic heterocycles. The van der Waals surface area contributed by atoms with E-state index in [2.05, 4.69) is 9.97 Å². The van der Waals surface area contributed by atoms with Gasteiger partial charge in [0.1, 0.15) is 0 Å². The van der Waals surface area contributed by atoms with Crippen LogP contribution in [0, 0.1) is 6.92 Å². The maximum absolute atomic E-state index is 12.3. The molecule has 0 spiro atoms. The fourth-order valence-corrected chi connectivity index (χ4v) is 1.87. The van der Waals surface area contributed by atoms with E-state index in [0.29, 0.717) is 22.1 Å². The zero-order valence-electron chi connectivity index (χ0n) is 10.1. The molecule has 18 heavy (non-hydrogen) atoms. The number of rotatable bonds is 2. The van der Waals surface area contributed by atoms with Gasteiger partial charge < -0.3 is 4.90 Å². The minimum absolute atomic E-state index is 0.157. The minimum atomic E-state index is -0.157. The van der Waals surface area contributed by atoms with Crippen LogP contribution in [0.4, 0.5) is 5.69 Å². The molecule has 5 heteroatoms. The lowest BCUT2D eigenvalue weighted by Gasteiger charge is -2.18. The Bertz CT molecular complexity index is 586. The highest BCUT2D eigenvalue weighted by Gasteiger charge is 2.18. The summed E-state index contributed by atoms with van der Waals surface area (Å²) >= 11 is 5.97. The Morgan fingerprint density at radius 2 is 1.89 bits per heavy atom. The molecule has 0 atom stereocenters. The quantitative estimate of drug-likeness (QED) is 0.781. The molecule has 0 aromatic carbocycles. The number of halogens is 1. The molecule has 0 saturated carbocycles. The molecule has 0 saturated heterocycles. The van der Waals surface area contributed by atoms with Crippen LogP contribution < -0.4 is 4.90 Å². The number of hydrogen-bond acceptors (Lipinski definition) is 3. The molecule has 0 aliphatic rings. The van der Waals surface area contributed by atoms with Gasteiger partial charge in [-0.2, -0.15) is 0 Å². The van der Waals surface area contributed by atoms with Crippen LogP contribution in [0.25, 0.3) is 0 Å². The molecule has 0 radical (unpaired) electrons. The summed E-state index contributed by atoms with van der Waals surface area (Å²) in [5.41, 5.74) is 1.82. The highest BCUT2D eigenvalue weighted by molar-refractivity contribution is 6.32. The number of aryl methyl sites for hydroxylation is 1. The van der Waals surface area contributed by atoms with E-state index in [1.165, 1.54) is 4.90 Å². The van der Waals surface area contributed by atoms with Gasteiger partial charge in [-0.15, -0.1) is 0 Å². The van der Waals surface area contributed by atoms with Crippen molar-refractivity contribution in [3.63, 3.8) is 0 Å². The van der Waals surface area contributed by atoms with Crippen molar-refractivity contribution in [2.45, 2.75) is 6.92 Å². The molecule has 92 valence electrons. The third-order valence-electron chi connectivity index (χ3n) is 2.64. The summed E-state index contributed by atoms with van der Waals surface area (Å²) in [5, 5.41) is 0.301. The van der Waals surface area contributed by atoms with E-state index >= 15 is 0 Å². The Hall–Kier alpha value is -1.94. The SMILES string of the molecule is Cc1ncccc1C(=O)N(C)c1cccnc1Cl. The zero-order chi connectivity index (χ0) is 13.1. The third-order valence-corrected chi connectivity index (χ3v) is 2.93. The van der Waals surface area contributed by atoms with E-state index < -0.39 is 0 Å². The highest BCUT2D eigenvalue weighted by atomic mass is 35.5. The van der Waals surface area contributed by atoms with Gasteiger partial charge in [-0.05, 0) is 31.2 Å². The van der Waals surface area contributed by atoms with Gasteiger partial charge in [0, 0.05) is 25.1 Å². The normalized spacial score (nSPS) is 10.2. The average Bonchev–Trinajstić information content (AvgIpc) is 2.38. The number of pyridine rings is 2. The van der Waals surface area contributed by atoms with Crippen LogP contribution in [0.2, 0.25) is 5.15 Å². The van der Waals surface area contributed by atoms with Crippen LogP contribution in [0.5, 0.6) is 0 Å². The molecule has 0 unspecified atom stereocenters. The largest absolute Gasteiger partial charge is 0.308 e. The summed E-state index contributed by atoms with van der Waals surface area (Å²) in [6.45, 7) is 1.80. The summed E-state index contributed by atoms with van der Waals surface area (Å²) in [4.78, 5) is 21.8. The lowest BCUT2D eigenvalue weighted by atomic mass is 10.2. The molecule has 0 fully saturated rings. The fraction of sp³-hybridized carbons (Fsp3) is 0.154. The third kappa shape index (κ3) is 2.33. The number of aromatic nitrogens is 2. The van der Waals surface area contributed by atoms with Crippen LogP contribution in [0.3, 0.4) is 0 Å². The molecule has 2 aromatic heterocycles. The number of hydrogen-bond donors (Lipinski definition) is 0. The maximum Gasteiger partial charge on any atom is 0.259 e. The van der Waals surface area contributed by atoms with Crippen LogP contribution in [0.1, 0.15) is 16.1 Å². The predicted molar refractivity (Wildman–Crippen MR) is 71.0 cm³/mol. The van der Waals surface area contributed by atoms with Crippen molar-refractivity contribution < 1.29 is 4.79 Å². The van der Waals surface area contributed by atoms with Gasteiger partial charge in [0.2, 0.25) is 0 Å². The number of amides is 1. The van der Waals surface area contributed by atoms with E-state index in [1.807, 2.05) is 0 Å². The minimum Gasteiger partial charge on any atom is -0.308 e. The van der Waals surface area contributed by atoms with Crippen LogP contribution >= 0.6 is 11.6 Å². The van der Waals surface area contributed by atoms with Crippen molar-refractivity contribution in [1.82, 2.24) is 9.97 Å². The topological polar surface area (TPSA) is 46.1 Å². The Kier molecular flexibility index (Phi) is 3.58. The van der Waals surface area contributed by atoms with Crippen LogP contribution in [-0.4, -0.2) is 22.9 Å². The second-order valence-electron chi connectivity index (χ2n) is 3.81. The van der Waals surface area contributed by atoms with Gasteiger partial charge in [0.05, 0.1) is 11.3 Å². The summed E-state index contributed by atoms with van der Waals surface area (Å²) < 4.78 is 0. The first-order chi connectivity index (χ1) is 8.61. The zero-order valence-corrected chi connectivity index (χ0v) is 10.8. The van der Waals surface area contributed by atoms with Crippen LogP contribution in [0.15, 0.2) is 36.7 Å². The molecule has 1 amide bonds. The Morgan fingerprint density at radius 1 is 1.22 bits per heavy atom. The monoisotopic (exact) mass is 261 g/mol. The Labute approximate surface area is 110 Å². The first kappa shape index (κ1) is 12.5. The van der Waals surface area contributed by atoms with Crippen molar-refractivity contribution in [2.75, 3.05) is 11.9 Å². The molecule has 0 aliphatic carbocycles. The first-order valence-electron chi connectivity index (χ1n) is 5.41. The molecule has 4 nitrogen and oxygen atoms in total.